The van der Waals surface area contributed by atoms with Crippen molar-refractivity contribution in [3.63, 3.8) is 0 Å². The lowest BCUT2D eigenvalue weighted by molar-refractivity contribution is -0.136. The minimum atomic E-state index is -0.739. The Morgan fingerprint density at radius 2 is 1.90 bits per heavy atom. The van der Waals surface area contributed by atoms with E-state index in [-0.39, 0.29) is 6.42 Å². The first-order chi connectivity index (χ1) is 10.2. The van der Waals surface area contributed by atoms with E-state index in [2.05, 4.69) is 47.4 Å². The summed E-state index contributed by atoms with van der Waals surface area (Å²) in [7, 11) is 0. The first-order valence-corrected chi connectivity index (χ1v) is 7.35. The molecule has 1 aliphatic heterocycles. The molecule has 0 aromatic heterocycles. The van der Waals surface area contributed by atoms with Gasteiger partial charge in [-0.05, 0) is 35.6 Å². The Bertz CT molecular complexity index is 637. The molecule has 0 unspecified atom stereocenters. The topological polar surface area (TPSA) is 40.5 Å². The van der Waals surface area contributed by atoms with E-state index >= 15 is 0 Å². The van der Waals surface area contributed by atoms with Gasteiger partial charge in [0.15, 0.2) is 0 Å². The van der Waals surface area contributed by atoms with E-state index in [1.54, 1.807) is 0 Å². The van der Waals surface area contributed by atoms with Crippen molar-refractivity contribution >= 4 is 11.7 Å². The number of carboxylic acids is 1. The highest BCUT2D eigenvalue weighted by atomic mass is 16.4. The highest BCUT2D eigenvalue weighted by molar-refractivity contribution is 5.67. The molecule has 3 heteroatoms. The van der Waals surface area contributed by atoms with E-state index in [1.165, 1.54) is 16.8 Å². The summed E-state index contributed by atoms with van der Waals surface area (Å²) < 4.78 is 0. The molecule has 0 saturated carbocycles. The van der Waals surface area contributed by atoms with Crippen molar-refractivity contribution in [2.45, 2.75) is 25.8 Å². The van der Waals surface area contributed by atoms with Crippen molar-refractivity contribution < 1.29 is 9.90 Å². The largest absolute Gasteiger partial charge is 0.481 e. The average Bonchev–Trinajstić information content (AvgIpc) is 2.89. The van der Waals surface area contributed by atoms with Crippen LogP contribution in [0.5, 0.6) is 0 Å². The zero-order chi connectivity index (χ0) is 14.7. The van der Waals surface area contributed by atoms with E-state index in [0.29, 0.717) is 6.42 Å². The lowest BCUT2D eigenvalue weighted by atomic mass is 10.1. The van der Waals surface area contributed by atoms with E-state index in [4.69, 9.17) is 5.11 Å². The van der Waals surface area contributed by atoms with Crippen LogP contribution in [0.1, 0.15) is 23.1 Å². The molecule has 1 N–H and O–H groups in total. The molecule has 3 nitrogen and oxygen atoms in total. The molecule has 2 aromatic rings. The molecule has 21 heavy (non-hydrogen) atoms. The second-order valence-corrected chi connectivity index (χ2v) is 5.51. The van der Waals surface area contributed by atoms with Crippen LogP contribution in [0.15, 0.2) is 48.5 Å². The van der Waals surface area contributed by atoms with E-state index < -0.39 is 5.97 Å². The van der Waals surface area contributed by atoms with Crippen LogP contribution in [0.3, 0.4) is 0 Å². The van der Waals surface area contributed by atoms with Gasteiger partial charge in [0.05, 0.1) is 0 Å². The van der Waals surface area contributed by atoms with Gasteiger partial charge in [-0.1, -0.05) is 42.5 Å². The Labute approximate surface area is 124 Å². The number of fused-ring (bicyclic) bond motifs is 1. The van der Waals surface area contributed by atoms with Crippen LogP contribution in [-0.4, -0.2) is 17.6 Å². The smallest absolute Gasteiger partial charge is 0.303 e. The number of rotatable bonds is 5. The molecule has 0 atom stereocenters. The molecule has 0 aliphatic carbocycles. The molecule has 3 rings (SSSR count). The lowest BCUT2D eigenvalue weighted by Gasteiger charge is -2.20. The van der Waals surface area contributed by atoms with Gasteiger partial charge in [0, 0.05) is 25.2 Å². The summed E-state index contributed by atoms with van der Waals surface area (Å²) in [4.78, 5) is 13.1. The molecule has 1 aliphatic rings. The number of carbonyl (C=O) groups is 1. The maximum absolute atomic E-state index is 10.7. The summed E-state index contributed by atoms with van der Waals surface area (Å²) in [6.45, 7) is 1.95. The first-order valence-electron chi connectivity index (χ1n) is 7.35. The van der Waals surface area contributed by atoms with Crippen molar-refractivity contribution in [3.8, 4) is 0 Å². The second-order valence-electron chi connectivity index (χ2n) is 5.51. The highest BCUT2D eigenvalue weighted by Crippen LogP contribution is 2.30. The maximum atomic E-state index is 10.7. The Morgan fingerprint density at radius 3 is 2.67 bits per heavy atom. The van der Waals surface area contributed by atoms with Crippen molar-refractivity contribution in [3.05, 3.63) is 65.2 Å². The number of nitrogens with zero attached hydrogens (tertiary/aromatic N) is 1. The quantitative estimate of drug-likeness (QED) is 0.914. The predicted octanol–water partition coefficient (Wildman–Crippen LogP) is 3.27. The van der Waals surface area contributed by atoms with Gasteiger partial charge in [-0.3, -0.25) is 4.79 Å². The van der Waals surface area contributed by atoms with Gasteiger partial charge in [0.1, 0.15) is 0 Å². The van der Waals surface area contributed by atoms with E-state index in [9.17, 15) is 4.79 Å². The van der Waals surface area contributed by atoms with Crippen LogP contribution >= 0.6 is 0 Å². The standard InChI is InChI=1S/C18H19NO2/c20-18(21)9-7-14-6-8-16-10-11-19(17(16)12-14)13-15-4-2-1-3-5-15/h1-6,8,12H,7,9-11,13H2,(H,20,21). The average molecular weight is 281 g/mol. The summed E-state index contributed by atoms with van der Waals surface area (Å²) in [5.74, 6) is -0.739. The Kier molecular flexibility index (Phi) is 3.91. The van der Waals surface area contributed by atoms with Gasteiger partial charge in [-0.25, -0.2) is 0 Å². The van der Waals surface area contributed by atoms with Gasteiger partial charge in [0.2, 0.25) is 0 Å². The molecule has 0 amide bonds. The van der Waals surface area contributed by atoms with Crippen LogP contribution in [0, 0.1) is 0 Å². The number of anilines is 1. The van der Waals surface area contributed by atoms with Gasteiger partial charge in [-0.2, -0.15) is 0 Å². The van der Waals surface area contributed by atoms with Gasteiger partial charge < -0.3 is 10.0 Å². The first kappa shape index (κ1) is 13.7. The molecule has 1 heterocycles. The zero-order valence-electron chi connectivity index (χ0n) is 12.0. The van der Waals surface area contributed by atoms with Crippen LogP contribution in [0.2, 0.25) is 0 Å². The van der Waals surface area contributed by atoms with Crippen LogP contribution in [-0.2, 0) is 24.2 Å². The van der Waals surface area contributed by atoms with E-state index in [1.807, 2.05) is 6.07 Å². The van der Waals surface area contributed by atoms with E-state index in [0.717, 1.165) is 25.1 Å². The fraction of sp³-hybridized carbons (Fsp3) is 0.278. The molecular weight excluding hydrogens is 262 g/mol. The second kappa shape index (κ2) is 6.00. The summed E-state index contributed by atoms with van der Waals surface area (Å²) in [5.41, 5.74) is 5.05. The number of hydrogen-bond donors (Lipinski definition) is 1. The number of aryl methyl sites for hydroxylation is 1. The SMILES string of the molecule is O=C(O)CCc1ccc2c(c1)N(Cc1ccccc1)CC2. The molecular formula is C18H19NO2. The van der Waals surface area contributed by atoms with Crippen LogP contribution in [0.4, 0.5) is 5.69 Å². The summed E-state index contributed by atoms with van der Waals surface area (Å²) in [6.07, 6.45) is 1.86. The Hall–Kier alpha value is -2.29. The highest BCUT2D eigenvalue weighted by Gasteiger charge is 2.19. The van der Waals surface area contributed by atoms with Gasteiger partial charge >= 0.3 is 5.97 Å². The fourth-order valence-corrected chi connectivity index (χ4v) is 2.87. The third-order valence-corrected chi connectivity index (χ3v) is 3.99. The fourth-order valence-electron chi connectivity index (χ4n) is 2.87. The monoisotopic (exact) mass is 281 g/mol. The van der Waals surface area contributed by atoms with Crippen molar-refractivity contribution in [2.24, 2.45) is 0 Å². The maximum Gasteiger partial charge on any atom is 0.303 e. The molecule has 0 saturated heterocycles. The Balaban J connectivity index is 1.76. The van der Waals surface area contributed by atoms with Crippen LogP contribution in [0.25, 0.3) is 0 Å². The van der Waals surface area contributed by atoms with Crippen molar-refractivity contribution in [1.82, 2.24) is 0 Å². The molecule has 2 aromatic carbocycles. The third-order valence-electron chi connectivity index (χ3n) is 3.99. The van der Waals surface area contributed by atoms with Gasteiger partial charge in [-0.15, -0.1) is 0 Å². The van der Waals surface area contributed by atoms with Crippen LogP contribution < -0.4 is 4.90 Å². The summed E-state index contributed by atoms with van der Waals surface area (Å²) in [6, 6.07) is 16.8. The summed E-state index contributed by atoms with van der Waals surface area (Å²) in [5, 5.41) is 8.80. The zero-order valence-corrected chi connectivity index (χ0v) is 12.0. The molecule has 0 bridgehead atoms. The van der Waals surface area contributed by atoms with Crippen molar-refractivity contribution in [2.75, 3.05) is 11.4 Å². The third kappa shape index (κ3) is 3.24. The number of carboxylic acid groups (broad SMARTS) is 1. The molecule has 108 valence electrons. The number of aliphatic carboxylic acids is 1. The lowest BCUT2D eigenvalue weighted by Crippen LogP contribution is -2.19. The number of benzene rings is 2. The molecule has 0 radical (unpaired) electrons. The predicted molar refractivity (Wildman–Crippen MR) is 83.6 cm³/mol. The minimum Gasteiger partial charge on any atom is -0.481 e. The van der Waals surface area contributed by atoms with Crippen molar-refractivity contribution in [1.29, 1.82) is 0 Å². The van der Waals surface area contributed by atoms with Gasteiger partial charge in [0.25, 0.3) is 0 Å². The normalized spacial score (nSPS) is 13.2. The molecule has 0 fully saturated rings. The Morgan fingerprint density at radius 1 is 1.10 bits per heavy atom. The molecule has 0 spiro atoms. The number of hydrogen-bond acceptors (Lipinski definition) is 2. The summed E-state index contributed by atoms with van der Waals surface area (Å²) >= 11 is 0. The minimum absolute atomic E-state index is 0.192.